The molecule has 4 aromatic rings. The molecule has 0 atom stereocenters. The number of pyridine rings is 1. The van der Waals surface area contributed by atoms with Crippen molar-refractivity contribution in [3.05, 3.63) is 77.5 Å². The number of carbonyl (C=O) groups excluding carboxylic acids is 2. The Morgan fingerprint density at radius 3 is 2.46 bits per heavy atom. The summed E-state index contributed by atoms with van der Waals surface area (Å²) in [6, 6.07) is 5.74. The molecule has 4 rings (SSSR count). The van der Waals surface area contributed by atoms with Gasteiger partial charge >= 0.3 is 6.11 Å². The van der Waals surface area contributed by atoms with Crippen molar-refractivity contribution < 1.29 is 31.9 Å². The number of ether oxygens (including phenoxy) is 1. The summed E-state index contributed by atoms with van der Waals surface area (Å²) in [4.78, 5) is 28.4. The first-order chi connectivity index (χ1) is 19.6. The minimum absolute atomic E-state index is 0.0837. The summed E-state index contributed by atoms with van der Waals surface area (Å²) in [5.74, 6) is -2.52. The summed E-state index contributed by atoms with van der Waals surface area (Å²) in [6.45, 7) is 1.39. The zero-order valence-corrected chi connectivity index (χ0v) is 21.7. The number of halogens is 4. The molecule has 1 aromatic carbocycles. The van der Waals surface area contributed by atoms with E-state index in [1.807, 2.05) is 0 Å². The van der Waals surface area contributed by atoms with Crippen LogP contribution < -0.4 is 15.4 Å². The van der Waals surface area contributed by atoms with Gasteiger partial charge in [0.25, 0.3) is 5.91 Å². The Kier molecular flexibility index (Phi) is 9.21. The van der Waals surface area contributed by atoms with Crippen LogP contribution in [0.2, 0.25) is 0 Å². The number of benzene rings is 1. The van der Waals surface area contributed by atoms with Crippen molar-refractivity contribution in [3.63, 3.8) is 0 Å². The van der Waals surface area contributed by atoms with Gasteiger partial charge in [-0.1, -0.05) is 10.4 Å². The summed E-state index contributed by atoms with van der Waals surface area (Å²) >= 11 is 0. The smallest absolute Gasteiger partial charge is 0.394 e. The fourth-order valence-corrected chi connectivity index (χ4v) is 3.64. The highest BCUT2D eigenvalue weighted by atomic mass is 19.3. The molecule has 0 fully saturated rings. The van der Waals surface area contributed by atoms with Crippen molar-refractivity contribution in [1.29, 1.82) is 0 Å². The molecule has 0 aliphatic heterocycles. The van der Waals surface area contributed by atoms with Crippen molar-refractivity contribution in [1.82, 2.24) is 40.3 Å². The predicted molar refractivity (Wildman–Crippen MR) is 135 cm³/mol. The van der Waals surface area contributed by atoms with Crippen molar-refractivity contribution in [2.75, 3.05) is 5.32 Å². The monoisotopic (exact) mass is 575 g/mol. The molecule has 0 saturated heterocycles. The molecule has 3 heterocycles. The van der Waals surface area contributed by atoms with E-state index in [1.165, 1.54) is 40.1 Å². The van der Waals surface area contributed by atoms with E-state index < -0.39 is 36.0 Å². The van der Waals surface area contributed by atoms with E-state index in [1.54, 1.807) is 0 Å². The first-order valence-corrected chi connectivity index (χ1v) is 12.4. The number of nitrogens with zero attached hydrogens (tertiary/aromatic N) is 7. The topological polar surface area (TPSA) is 142 Å². The van der Waals surface area contributed by atoms with E-state index >= 15 is 0 Å². The van der Waals surface area contributed by atoms with Crippen LogP contribution in [0.1, 0.15) is 41.5 Å². The quantitative estimate of drug-likeness (QED) is 0.183. The number of aromatic nitrogens is 7. The molecule has 0 aliphatic rings. The molecule has 41 heavy (non-hydrogen) atoms. The van der Waals surface area contributed by atoms with E-state index in [2.05, 4.69) is 41.0 Å². The summed E-state index contributed by atoms with van der Waals surface area (Å²) in [6.07, 6.45) is 1.83. The van der Waals surface area contributed by atoms with E-state index in [9.17, 15) is 27.2 Å². The predicted octanol–water partition coefficient (Wildman–Crippen LogP) is 3.13. The SMILES string of the molecule is CC(F)(F)Oc1ccc(F)c(CC(=O)Nc2cn(CCCCn3cc(C(=O)NCc4ncccc4F)nn3)nn2)c1. The molecule has 0 radical (unpaired) electrons. The Labute approximate surface area is 230 Å². The normalized spacial score (nSPS) is 11.3. The second kappa shape index (κ2) is 13.0. The van der Waals surface area contributed by atoms with E-state index in [0.29, 0.717) is 32.9 Å². The molecule has 0 saturated carbocycles. The Bertz CT molecular complexity index is 1500. The number of unbranched alkanes of at least 4 members (excludes halogenated alkanes) is 1. The highest BCUT2D eigenvalue weighted by molar-refractivity contribution is 5.92. The Morgan fingerprint density at radius 2 is 1.73 bits per heavy atom. The average molecular weight is 576 g/mol. The maximum absolute atomic E-state index is 14.1. The molecule has 2 amide bonds. The second-order valence-electron chi connectivity index (χ2n) is 8.94. The van der Waals surface area contributed by atoms with Crippen molar-refractivity contribution in [3.8, 4) is 5.75 Å². The van der Waals surface area contributed by atoms with Gasteiger partial charge in [-0.2, -0.15) is 8.78 Å². The molecule has 0 spiro atoms. The lowest BCUT2D eigenvalue weighted by molar-refractivity contribution is -0.159. The maximum Gasteiger partial charge on any atom is 0.394 e. The van der Waals surface area contributed by atoms with Crippen LogP contribution in [0, 0.1) is 11.6 Å². The van der Waals surface area contributed by atoms with Gasteiger partial charge < -0.3 is 15.4 Å². The Hall–Kier alpha value is -4.89. The summed E-state index contributed by atoms with van der Waals surface area (Å²) in [5, 5.41) is 20.6. The zero-order valence-electron chi connectivity index (χ0n) is 21.7. The van der Waals surface area contributed by atoms with Crippen LogP contribution in [0.4, 0.5) is 23.4 Å². The highest BCUT2D eigenvalue weighted by Gasteiger charge is 2.24. The molecule has 3 aromatic heterocycles. The van der Waals surface area contributed by atoms with Gasteiger partial charge in [0, 0.05) is 31.8 Å². The van der Waals surface area contributed by atoms with Crippen LogP contribution in [-0.2, 0) is 30.8 Å². The van der Waals surface area contributed by atoms with Crippen LogP contribution >= 0.6 is 0 Å². The fraction of sp³-hybridized carbons (Fsp3) is 0.320. The number of aryl methyl sites for hydroxylation is 2. The number of anilines is 1. The van der Waals surface area contributed by atoms with Crippen molar-refractivity contribution >= 4 is 17.6 Å². The van der Waals surface area contributed by atoms with Crippen molar-refractivity contribution in [2.45, 2.75) is 51.9 Å². The first-order valence-electron chi connectivity index (χ1n) is 12.4. The fourth-order valence-electron chi connectivity index (χ4n) is 3.64. The van der Waals surface area contributed by atoms with E-state index in [-0.39, 0.29) is 35.1 Å². The molecule has 12 nitrogen and oxygen atoms in total. The maximum atomic E-state index is 14.1. The summed E-state index contributed by atoms with van der Waals surface area (Å²) in [5.41, 5.74) is 0.0768. The number of carbonyl (C=O) groups is 2. The van der Waals surface area contributed by atoms with Crippen LogP contribution in [0.5, 0.6) is 5.75 Å². The number of hydrogen-bond acceptors (Lipinski definition) is 8. The standard InChI is InChI=1S/C25H25F4N9O3/c1-25(28,29)41-17-6-7-18(26)16(11-17)12-23(39)32-22-15-38(36-34-22)10-3-2-9-37-14-21(33-35-37)24(40)31-13-20-19(27)5-4-8-30-20/h4-8,11,14-15H,2-3,9-10,12-13H2,1H3,(H,31,40)(H,32,39). The molecular formula is C25H25F4N9O3. The molecule has 216 valence electrons. The number of alkyl halides is 2. The summed E-state index contributed by atoms with van der Waals surface area (Å²) in [7, 11) is 0. The van der Waals surface area contributed by atoms with Crippen LogP contribution in [0.3, 0.4) is 0 Å². The number of amides is 2. The number of nitrogens with one attached hydrogen (secondary N) is 2. The third-order valence-corrected chi connectivity index (χ3v) is 5.52. The highest BCUT2D eigenvalue weighted by Crippen LogP contribution is 2.24. The molecule has 16 heteroatoms. The van der Waals surface area contributed by atoms with Gasteiger partial charge in [0.15, 0.2) is 11.5 Å². The van der Waals surface area contributed by atoms with Crippen molar-refractivity contribution in [2.24, 2.45) is 0 Å². The zero-order chi connectivity index (χ0) is 29.4. The third kappa shape index (κ3) is 8.81. The molecule has 0 unspecified atom stereocenters. The lowest BCUT2D eigenvalue weighted by atomic mass is 10.1. The van der Waals surface area contributed by atoms with Gasteiger partial charge in [-0.15, -0.1) is 10.2 Å². The minimum Gasteiger partial charge on any atom is -0.433 e. The van der Waals surface area contributed by atoms with Gasteiger partial charge in [-0.3, -0.25) is 23.9 Å². The molecule has 2 N–H and O–H groups in total. The Morgan fingerprint density at radius 1 is 1.00 bits per heavy atom. The van der Waals surface area contributed by atoms with Crippen LogP contribution in [-0.4, -0.2) is 52.9 Å². The number of hydrogen-bond donors (Lipinski definition) is 2. The minimum atomic E-state index is -3.45. The molecular weight excluding hydrogens is 550 g/mol. The largest absolute Gasteiger partial charge is 0.433 e. The molecule has 0 bridgehead atoms. The van der Waals surface area contributed by atoms with Gasteiger partial charge in [0.1, 0.15) is 17.4 Å². The Balaban J connectivity index is 1.18. The average Bonchev–Trinajstić information content (AvgIpc) is 3.57. The van der Waals surface area contributed by atoms with Gasteiger partial charge in [-0.05, 0) is 43.2 Å². The van der Waals surface area contributed by atoms with E-state index in [0.717, 1.165) is 18.2 Å². The van der Waals surface area contributed by atoms with Gasteiger partial charge in [-0.25, -0.2) is 8.78 Å². The first kappa shape index (κ1) is 29.1. The lowest BCUT2D eigenvalue weighted by Crippen LogP contribution is -2.24. The third-order valence-electron chi connectivity index (χ3n) is 5.52. The lowest BCUT2D eigenvalue weighted by Gasteiger charge is -2.14. The summed E-state index contributed by atoms with van der Waals surface area (Å²) < 4.78 is 61.2. The van der Waals surface area contributed by atoms with Gasteiger partial charge in [0.2, 0.25) is 5.91 Å². The van der Waals surface area contributed by atoms with E-state index in [4.69, 9.17) is 0 Å². The van der Waals surface area contributed by atoms with Crippen LogP contribution in [0.25, 0.3) is 0 Å². The van der Waals surface area contributed by atoms with Crippen LogP contribution in [0.15, 0.2) is 48.9 Å². The van der Waals surface area contributed by atoms with Gasteiger partial charge in [0.05, 0.1) is 31.1 Å². The second-order valence-corrected chi connectivity index (χ2v) is 8.94. The molecule has 0 aliphatic carbocycles. The number of rotatable bonds is 13.